The monoisotopic (exact) mass is 328 g/mol. The lowest BCUT2D eigenvalue weighted by Crippen LogP contribution is -2.41. The summed E-state index contributed by atoms with van der Waals surface area (Å²) < 4.78 is 10.6. The van der Waals surface area contributed by atoms with E-state index in [0.717, 1.165) is 5.56 Å². The number of carbonyl (C=O) groups excluding carboxylic acids is 2. The zero-order valence-electron chi connectivity index (χ0n) is 13.9. The summed E-state index contributed by atoms with van der Waals surface area (Å²) >= 11 is 0. The van der Waals surface area contributed by atoms with Crippen molar-refractivity contribution >= 4 is 11.8 Å². The van der Waals surface area contributed by atoms with Gasteiger partial charge in [0.25, 0.3) is 11.8 Å². The molecule has 2 aromatic rings. The van der Waals surface area contributed by atoms with Crippen LogP contribution in [0.4, 0.5) is 0 Å². The molecule has 0 aromatic heterocycles. The van der Waals surface area contributed by atoms with Gasteiger partial charge < -0.3 is 9.47 Å². The quantitative estimate of drug-likeness (QED) is 0.827. The molecule has 24 heavy (non-hydrogen) atoms. The molecule has 2 aromatic carbocycles. The average molecular weight is 328 g/mol. The van der Waals surface area contributed by atoms with Crippen LogP contribution >= 0.6 is 0 Å². The van der Waals surface area contributed by atoms with Crippen molar-refractivity contribution in [2.24, 2.45) is 0 Å². The lowest BCUT2D eigenvalue weighted by molar-refractivity contribution is 0.0846. The van der Waals surface area contributed by atoms with Gasteiger partial charge in [0.05, 0.1) is 13.7 Å². The predicted octanol–water partition coefficient (Wildman–Crippen LogP) is 2.48. The normalized spacial score (nSPS) is 9.96. The number of ether oxygens (including phenoxy) is 2. The van der Waals surface area contributed by atoms with Gasteiger partial charge in [0.1, 0.15) is 0 Å². The summed E-state index contributed by atoms with van der Waals surface area (Å²) in [4.78, 5) is 24.1. The first-order chi connectivity index (χ1) is 11.5. The number of rotatable bonds is 5. The number of benzene rings is 2. The van der Waals surface area contributed by atoms with Gasteiger partial charge in [0, 0.05) is 11.1 Å². The van der Waals surface area contributed by atoms with Crippen molar-refractivity contribution in [3.63, 3.8) is 0 Å². The van der Waals surface area contributed by atoms with Gasteiger partial charge in [-0.15, -0.1) is 0 Å². The summed E-state index contributed by atoms with van der Waals surface area (Å²) in [5, 5.41) is 0. The maximum atomic E-state index is 12.1. The first-order valence-corrected chi connectivity index (χ1v) is 7.53. The lowest BCUT2D eigenvalue weighted by atomic mass is 10.1. The molecule has 6 heteroatoms. The van der Waals surface area contributed by atoms with Crippen LogP contribution in [0.3, 0.4) is 0 Å². The molecule has 0 spiro atoms. The Morgan fingerprint density at radius 3 is 2.08 bits per heavy atom. The summed E-state index contributed by atoms with van der Waals surface area (Å²) in [5.74, 6) is 0.174. The minimum Gasteiger partial charge on any atom is -0.493 e. The molecule has 6 nitrogen and oxygen atoms in total. The molecule has 0 heterocycles. The number of hydrazine groups is 1. The van der Waals surface area contributed by atoms with E-state index in [1.54, 1.807) is 30.3 Å². The van der Waals surface area contributed by atoms with Crippen molar-refractivity contribution in [1.29, 1.82) is 0 Å². The first-order valence-electron chi connectivity index (χ1n) is 7.53. The molecule has 2 amide bonds. The molecular formula is C18H20N2O4. The van der Waals surface area contributed by atoms with Gasteiger partial charge in [-0.05, 0) is 44.2 Å². The zero-order chi connectivity index (χ0) is 17.5. The minimum absolute atomic E-state index is 0.347. The van der Waals surface area contributed by atoms with Crippen LogP contribution in [0, 0.1) is 6.92 Å². The molecular weight excluding hydrogens is 308 g/mol. The lowest BCUT2D eigenvalue weighted by Gasteiger charge is -2.11. The first kappa shape index (κ1) is 17.3. The third-order valence-electron chi connectivity index (χ3n) is 3.33. The van der Waals surface area contributed by atoms with E-state index in [1.807, 2.05) is 26.0 Å². The second kappa shape index (κ2) is 8.01. The Hall–Kier alpha value is -3.02. The molecule has 0 aliphatic heterocycles. The van der Waals surface area contributed by atoms with Crippen molar-refractivity contribution in [3.05, 3.63) is 59.2 Å². The van der Waals surface area contributed by atoms with Gasteiger partial charge in [-0.25, -0.2) is 0 Å². The Labute approximate surface area is 140 Å². The van der Waals surface area contributed by atoms with Crippen molar-refractivity contribution in [1.82, 2.24) is 10.9 Å². The second-order valence-corrected chi connectivity index (χ2v) is 5.07. The number of hydrogen-bond donors (Lipinski definition) is 2. The Kier molecular flexibility index (Phi) is 5.78. The fourth-order valence-electron chi connectivity index (χ4n) is 2.05. The largest absolute Gasteiger partial charge is 0.493 e. The van der Waals surface area contributed by atoms with E-state index in [1.165, 1.54) is 7.11 Å². The molecule has 0 unspecified atom stereocenters. The van der Waals surface area contributed by atoms with Crippen molar-refractivity contribution < 1.29 is 19.1 Å². The van der Waals surface area contributed by atoms with Crippen molar-refractivity contribution in [2.75, 3.05) is 13.7 Å². The fourth-order valence-corrected chi connectivity index (χ4v) is 2.05. The second-order valence-electron chi connectivity index (χ2n) is 5.07. The highest BCUT2D eigenvalue weighted by Gasteiger charge is 2.12. The summed E-state index contributed by atoms with van der Waals surface area (Å²) in [6.45, 7) is 4.29. The van der Waals surface area contributed by atoms with Crippen molar-refractivity contribution in [3.8, 4) is 11.5 Å². The van der Waals surface area contributed by atoms with Crippen LogP contribution in [0.2, 0.25) is 0 Å². The summed E-state index contributed by atoms with van der Waals surface area (Å²) in [7, 11) is 1.50. The topological polar surface area (TPSA) is 76.7 Å². The molecule has 0 fully saturated rings. The summed E-state index contributed by atoms with van der Waals surface area (Å²) in [6, 6.07) is 11.8. The van der Waals surface area contributed by atoms with Crippen LogP contribution in [0.5, 0.6) is 11.5 Å². The smallest absolute Gasteiger partial charge is 0.269 e. The number of aryl methyl sites for hydroxylation is 1. The molecule has 0 aliphatic rings. The number of nitrogens with one attached hydrogen (secondary N) is 2. The van der Waals surface area contributed by atoms with Crippen LogP contribution in [-0.4, -0.2) is 25.5 Å². The van der Waals surface area contributed by atoms with Gasteiger partial charge >= 0.3 is 0 Å². The molecule has 0 saturated carbocycles. The van der Waals surface area contributed by atoms with Gasteiger partial charge in [-0.2, -0.15) is 0 Å². The number of hydrogen-bond acceptors (Lipinski definition) is 4. The van der Waals surface area contributed by atoms with E-state index in [9.17, 15) is 9.59 Å². The Morgan fingerprint density at radius 1 is 0.917 bits per heavy atom. The van der Waals surface area contributed by atoms with Gasteiger partial charge in [-0.1, -0.05) is 17.7 Å². The van der Waals surface area contributed by atoms with E-state index < -0.39 is 5.91 Å². The minimum atomic E-state index is -0.447. The van der Waals surface area contributed by atoms with Crippen LogP contribution < -0.4 is 20.3 Å². The third kappa shape index (κ3) is 4.25. The standard InChI is InChI=1S/C18H20N2O4/c1-4-24-15-10-9-14(11-16(15)23-3)18(22)20-19-17(21)13-7-5-12(2)6-8-13/h5-11H,4H2,1-3H3,(H,19,21)(H,20,22). The van der Waals surface area contributed by atoms with Gasteiger partial charge in [0.2, 0.25) is 0 Å². The van der Waals surface area contributed by atoms with Crippen LogP contribution in [0.1, 0.15) is 33.2 Å². The SMILES string of the molecule is CCOc1ccc(C(=O)NNC(=O)c2ccc(C)cc2)cc1OC. The molecule has 0 saturated heterocycles. The number of carbonyl (C=O) groups is 2. The Balaban J connectivity index is 2.01. The fraction of sp³-hybridized carbons (Fsp3) is 0.222. The summed E-state index contributed by atoms with van der Waals surface area (Å²) in [6.07, 6.45) is 0. The molecule has 126 valence electrons. The highest BCUT2D eigenvalue weighted by molar-refractivity contribution is 5.99. The van der Waals surface area contributed by atoms with Crippen LogP contribution in [-0.2, 0) is 0 Å². The number of amides is 2. The maximum absolute atomic E-state index is 12.1. The van der Waals surface area contributed by atoms with E-state index in [4.69, 9.17) is 9.47 Å². The third-order valence-corrected chi connectivity index (χ3v) is 3.33. The summed E-state index contributed by atoms with van der Waals surface area (Å²) in [5.41, 5.74) is 6.63. The van der Waals surface area contributed by atoms with Crippen LogP contribution in [0.25, 0.3) is 0 Å². The van der Waals surface area contributed by atoms with Gasteiger partial charge in [0.15, 0.2) is 11.5 Å². The van der Waals surface area contributed by atoms with Gasteiger partial charge in [-0.3, -0.25) is 20.4 Å². The van der Waals surface area contributed by atoms with E-state index in [0.29, 0.717) is 29.2 Å². The van der Waals surface area contributed by atoms with E-state index in [2.05, 4.69) is 10.9 Å². The molecule has 2 rings (SSSR count). The maximum Gasteiger partial charge on any atom is 0.269 e. The highest BCUT2D eigenvalue weighted by Crippen LogP contribution is 2.27. The molecule has 0 atom stereocenters. The molecule has 2 N–H and O–H groups in total. The molecule has 0 radical (unpaired) electrons. The van der Waals surface area contributed by atoms with Crippen LogP contribution in [0.15, 0.2) is 42.5 Å². The highest BCUT2D eigenvalue weighted by atomic mass is 16.5. The average Bonchev–Trinajstić information content (AvgIpc) is 2.60. The zero-order valence-corrected chi connectivity index (χ0v) is 13.9. The number of methoxy groups -OCH3 is 1. The molecule has 0 bridgehead atoms. The molecule has 0 aliphatic carbocycles. The Morgan fingerprint density at radius 2 is 1.50 bits per heavy atom. The Bertz CT molecular complexity index is 726. The van der Waals surface area contributed by atoms with E-state index in [-0.39, 0.29) is 5.91 Å². The predicted molar refractivity (Wildman–Crippen MR) is 90.3 cm³/mol. The van der Waals surface area contributed by atoms with Crippen molar-refractivity contribution in [2.45, 2.75) is 13.8 Å². The van der Waals surface area contributed by atoms with E-state index >= 15 is 0 Å².